The van der Waals surface area contributed by atoms with Crippen molar-refractivity contribution in [3.8, 4) is 57.3 Å². The highest BCUT2D eigenvalue weighted by Gasteiger charge is 2.20. The molecule has 0 spiro atoms. The molecule has 50 heavy (non-hydrogen) atoms. The summed E-state index contributed by atoms with van der Waals surface area (Å²) in [6, 6.07) is 14.3. The topological polar surface area (TPSA) is 150 Å². The molecule has 0 aliphatic carbocycles. The van der Waals surface area contributed by atoms with E-state index >= 15 is 0 Å². The van der Waals surface area contributed by atoms with Gasteiger partial charge >= 0.3 is 0 Å². The van der Waals surface area contributed by atoms with Crippen LogP contribution >= 0.6 is 22.7 Å². The van der Waals surface area contributed by atoms with Gasteiger partial charge in [0.1, 0.15) is 0 Å². The SMILES string of the molecule is COc1cc(/C=c2/sc3nc(-c4ccccc4-c4nc5s/c(=C/c6cc(OC)c(OC)c(OC)c6)c(=O)n5n4)nn3c2=O)cc(OC)c1OC. The molecule has 0 aliphatic heterocycles. The van der Waals surface area contributed by atoms with Crippen molar-refractivity contribution in [3.05, 3.63) is 89.4 Å². The summed E-state index contributed by atoms with van der Waals surface area (Å²) >= 11 is 2.39. The summed E-state index contributed by atoms with van der Waals surface area (Å²) in [6.07, 6.45) is 3.44. The van der Waals surface area contributed by atoms with Gasteiger partial charge in [-0.1, -0.05) is 46.9 Å². The smallest absolute Gasteiger partial charge is 0.291 e. The Balaban J connectivity index is 1.25. The minimum absolute atomic E-state index is 0.320. The number of ether oxygens (including phenoxy) is 6. The molecule has 4 heterocycles. The first kappa shape index (κ1) is 32.5. The van der Waals surface area contributed by atoms with Gasteiger partial charge in [0.05, 0.1) is 51.7 Å². The largest absolute Gasteiger partial charge is 0.493 e. The molecule has 254 valence electrons. The molecule has 0 atom stereocenters. The van der Waals surface area contributed by atoms with Crippen LogP contribution in [0.2, 0.25) is 0 Å². The van der Waals surface area contributed by atoms with Crippen molar-refractivity contribution in [3.63, 3.8) is 0 Å². The number of rotatable bonds is 10. The van der Waals surface area contributed by atoms with Crippen LogP contribution in [0.3, 0.4) is 0 Å². The molecule has 0 aliphatic rings. The minimum atomic E-state index is -0.331. The molecular weight excluding hydrogens is 685 g/mol. The van der Waals surface area contributed by atoms with Crippen molar-refractivity contribution >= 4 is 44.7 Å². The number of benzene rings is 3. The lowest BCUT2D eigenvalue weighted by Gasteiger charge is -2.12. The first-order valence-corrected chi connectivity index (χ1v) is 16.5. The van der Waals surface area contributed by atoms with E-state index in [0.29, 0.717) is 87.4 Å². The first-order valence-electron chi connectivity index (χ1n) is 14.8. The van der Waals surface area contributed by atoms with Gasteiger partial charge in [-0.2, -0.15) is 19.0 Å². The Labute approximate surface area is 291 Å². The second kappa shape index (κ2) is 13.1. The second-order valence-electron chi connectivity index (χ2n) is 10.6. The van der Waals surface area contributed by atoms with E-state index in [0.717, 1.165) is 0 Å². The third kappa shape index (κ3) is 5.53. The fourth-order valence-corrected chi connectivity index (χ4v) is 7.26. The molecule has 4 aromatic heterocycles. The van der Waals surface area contributed by atoms with Crippen molar-refractivity contribution in [2.24, 2.45) is 0 Å². The van der Waals surface area contributed by atoms with Gasteiger partial charge in [0.2, 0.25) is 21.4 Å². The van der Waals surface area contributed by atoms with E-state index in [-0.39, 0.29) is 11.1 Å². The van der Waals surface area contributed by atoms with Crippen LogP contribution in [0, 0.1) is 0 Å². The van der Waals surface area contributed by atoms with Gasteiger partial charge in [0, 0.05) is 11.1 Å². The molecule has 3 aromatic carbocycles. The maximum atomic E-state index is 13.4. The summed E-state index contributed by atoms with van der Waals surface area (Å²) in [4.78, 5) is 37.0. The van der Waals surface area contributed by atoms with Gasteiger partial charge in [-0.3, -0.25) is 9.59 Å². The van der Waals surface area contributed by atoms with Crippen LogP contribution in [0.15, 0.2) is 58.1 Å². The average Bonchev–Trinajstić information content (AvgIpc) is 3.89. The monoisotopic (exact) mass is 712 g/mol. The Bertz CT molecular complexity index is 2410. The molecule has 0 radical (unpaired) electrons. The molecule has 0 fully saturated rings. The normalized spacial score (nSPS) is 12.2. The summed E-state index contributed by atoms with van der Waals surface area (Å²) in [5.41, 5.74) is 1.91. The quantitative estimate of drug-likeness (QED) is 0.205. The second-order valence-corrected chi connectivity index (χ2v) is 12.6. The summed E-state index contributed by atoms with van der Waals surface area (Å²) in [5.74, 6) is 3.41. The highest BCUT2D eigenvalue weighted by molar-refractivity contribution is 7.15. The van der Waals surface area contributed by atoms with Gasteiger partial charge in [0.15, 0.2) is 34.6 Å². The van der Waals surface area contributed by atoms with Crippen LogP contribution in [0.4, 0.5) is 0 Å². The zero-order valence-electron chi connectivity index (χ0n) is 27.5. The zero-order valence-corrected chi connectivity index (χ0v) is 29.2. The van der Waals surface area contributed by atoms with E-state index in [2.05, 4.69) is 20.2 Å². The number of methoxy groups -OCH3 is 6. The van der Waals surface area contributed by atoms with Gasteiger partial charge < -0.3 is 28.4 Å². The van der Waals surface area contributed by atoms with Crippen LogP contribution in [0.25, 0.3) is 44.8 Å². The van der Waals surface area contributed by atoms with Crippen LogP contribution < -0.4 is 48.6 Å². The van der Waals surface area contributed by atoms with Crippen LogP contribution in [-0.2, 0) is 0 Å². The Morgan fingerprint density at radius 2 is 0.920 bits per heavy atom. The van der Waals surface area contributed by atoms with E-state index in [9.17, 15) is 9.59 Å². The highest BCUT2D eigenvalue weighted by atomic mass is 32.1. The first-order chi connectivity index (χ1) is 24.3. The van der Waals surface area contributed by atoms with Gasteiger partial charge in [0.25, 0.3) is 11.1 Å². The summed E-state index contributed by atoms with van der Waals surface area (Å²) in [5, 5.41) is 9.09. The molecule has 0 bridgehead atoms. The summed E-state index contributed by atoms with van der Waals surface area (Å²) in [7, 11) is 9.16. The molecule has 0 saturated heterocycles. The minimum Gasteiger partial charge on any atom is -0.493 e. The number of thiazole rings is 2. The molecule has 7 rings (SSSR count). The van der Waals surface area contributed by atoms with E-state index < -0.39 is 0 Å². The van der Waals surface area contributed by atoms with Crippen molar-refractivity contribution in [1.29, 1.82) is 0 Å². The predicted molar refractivity (Wildman–Crippen MR) is 188 cm³/mol. The summed E-state index contributed by atoms with van der Waals surface area (Å²) in [6.45, 7) is 0. The van der Waals surface area contributed by atoms with E-state index in [1.807, 2.05) is 24.3 Å². The molecule has 16 heteroatoms. The Morgan fingerprint density at radius 1 is 0.560 bits per heavy atom. The van der Waals surface area contributed by atoms with Crippen molar-refractivity contribution in [2.45, 2.75) is 0 Å². The van der Waals surface area contributed by atoms with Crippen LogP contribution in [0.5, 0.6) is 34.5 Å². The lowest BCUT2D eigenvalue weighted by Crippen LogP contribution is -2.23. The molecule has 0 unspecified atom stereocenters. The fraction of sp³-hybridized carbons (Fsp3) is 0.176. The third-order valence-electron chi connectivity index (χ3n) is 7.74. The number of fused-ring (bicyclic) bond motifs is 2. The molecule has 14 nitrogen and oxygen atoms in total. The Kier molecular flexibility index (Phi) is 8.55. The fourth-order valence-electron chi connectivity index (χ4n) is 5.44. The molecule has 0 saturated carbocycles. The van der Waals surface area contributed by atoms with Crippen molar-refractivity contribution in [2.75, 3.05) is 42.7 Å². The van der Waals surface area contributed by atoms with E-state index in [1.54, 1.807) is 36.4 Å². The lowest BCUT2D eigenvalue weighted by molar-refractivity contribution is 0.324. The van der Waals surface area contributed by atoms with Gasteiger partial charge in [-0.25, -0.2) is 0 Å². The zero-order chi connectivity index (χ0) is 35.1. The standard InChI is InChI=1S/C34H28N6O8S2/c1-43-21-11-17(12-22(44-2)27(21)47-5)15-25-31(41)39-33(49-25)35-29(37-39)19-9-7-8-10-20(19)30-36-34-40(38-30)32(42)26(50-34)16-18-13-23(45-3)28(48-6)24(14-18)46-4/h7-16H,1-6H3/b25-15+,26-16+. The van der Waals surface area contributed by atoms with Crippen molar-refractivity contribution in [1.82, 2.24) is 29.2 Å². The van der Waals surface area contributed by atoms with E-state index in [1.165, 1.54) is 74.4 Å². The van der Waals surface area contributed by atoms with E-state index in [4.69, 9.17) is 28.4 Å². The molecular formula is C34H28N6O8S2. The number of nitrogens with zero attached hydrogens (tertiary/aromatic N) is 6. The Morgan fingerprint density at radius 3 is 1.22 bits per heavy atom. The maximum Gasteiger partial charge on any atom is 0.291 e. The Hall–Kier alpha value is -6.00. The van der Waals surface area contributed by atoms with Crippen molar-refractivity contribution < 1.29 is 28.4 Å². The lowest BCUT2D eigenvalue weighted by atomic mass is 10.1. The average molecular weight is 713 g/mol. The highest BCUT2D eigenvalue weighted by Crippen LogP contribution is 2.39. The summed E-state index contributed by atoms with van der Waals surface area (Å²) < 4.78 is 36.0. The maximum absolute atomic E-state index is 13.4. The van der Waals surface area contributed by atoms with Crippen LogP contribution in [-0.4, -0.2) is 71.9 Å². The number of hydrogen-bond donors (Lipinski definition) is 0. The predicted octanol–water partition coefficient (Wildman–Crippen LogP) is 3.10. The van der Waals surface area contributed by atoms with Gasteiger partial charge in [-0.05, 0) is 47.5 Å². The van der Waals surface area contributed by atoms with Crippen LogP contribution in [0.1, 0.15) is 11.1 Å². The molecule has 0 amide bonds. The molecule has 0 N–H and O–H groups in total. The molecule has 7 aromatic rings. The van der Waals surface area contributed by atoms with Gasteiger partial charge in [-0.15, -0.1) is 10.2 Å². The number of hydrogen-bond acceptors (Lipinski definition) is 14. The third-order valence-corrected chi connectivity index (χ3v) is 9.66. The number of aromatic nitrogens is 6.